The number of nitrogens with one attached hydrogen (secondary N) is 1. The quantitative estimate of drug-likeness (QED) is 0.661. The van der Waals surface area contributed by atoms with Crippen LogP contribution in [-0.2, 0) is 6.42 Å². The fraction of sp³-hybridized carbons (Fsp3) is 0.125. The summed E-state index contributed by atoms with van der Waals surface area (Å²) in [6.07, 6.45) is 0.781. The van der Waals surface area contributed by atoms with Crippen LogP contribution in [0.2, 0.25) is 5.02 Å². The second-order valence-corrected chi connectivity index (χ2v) is 5.35. The highest BCUT2D eigenvalue weighted by molar-refractivity contribution is 6.33. The highest BCUT2D eigenvalue weighted by atomic mass is 35.5. The number of anilines is 1. The van der Waals surface area contributed by atoms with Crippen molar-refractivity contribution < 1.29 is 9.59 Å². The monoisotopic (exact) mass is 300 g/mol. The SMILES string of the molecule is Nc1ccc(C(=O)c2ccc3c(c2)C(=O)NCC3)cc1Cl. The summed E-state index contributed by atoms with van der Waals surface area (Å²) in [6, 6.07) is 9.98. The van der Waals surface area contributed by atoms with Crippen LogP contribution in [0.5, 0.6) is 0 Å². The molecule has 5 heteroatoms. The highest BCUT2D eigenvalue weighted by Crippen LogP contribution is 2.23. The van der Waals surface area contributed by atoms with E-state index >= 15 is 0 Å². The minimum absolute atomic E-state index is 0.138. The van der Waals surface area contributed by atoms with Crippen molar-refractivity contribution in [2.24, 2.45) is 0 Å². The van der Waals surface area contributed by atoms with Crippen LogP contribution in [0.4, 0.5) is 5.69 Å². The van der Waals surface area contributed by atoms with Gasteiger partial charge in [0, 0.05) is 23.2 Å². The van der Waals surface area contributed by atoms with E-state index in [0.717, 1.165) is 12.0 Å². The molecule has 4 nitrogen and oxygen atoms in total. The van der Waals surface area contributed by atoms with Crippen molar-refractivity contribution in [1.82, 2.24) is 5.32 Å². The van der Waals surface area contributed by atoms with Crippen molar-refractivity contribution >= 4 is 29.0 Å². The van der Waals surface area contributed by atoms with Gasteiger partial charge in [-0.05, 0) is 36.2 Å². The number of nitrogens with two attached hydrogens (primary N) is 1. The second-order valence-electron chi connectivity index (χ2n) is 4.94. The Bertz CT molecular complexity index is 756. The lowest BCUT2D eigenvalue weighted by molar-refractivity contribution is 0.0946. The lowest BCUT2D eigenvalue weighted by atomic mass is 9.94. The molecule has 0 aromatic heterocycles. The standard InChI is InChI=1S/C16H13ClN2O2/c17-13-8-11(3-4-14(13)18)15(20)10-2-1-9-5-6-19-16(21)12(9)7-10/h1-4,7-8H,5-6,18H2,(H,19,21). The molecule has 3 rings (SSSR count). The molecule has 0 saturated carbocycles. The Kier molecular flexibility index (Phi) is 3.39. The fourth-order valence-corrected chi connectivity index (χ4v) is 2.57. The summed E-state index contributed by atoms with van der Waals surface area (Å²) in [5, 5.41) is 3.12. The van der Waals surface area contributed by atoms with Crippen molar-refractivity contribution in [3.8, 4) is 0 Å². The molecule has 0 bridgehead atoms. The van der Waals surface area contributed by atoms with Gasteiger partial charge in [0.2, 0.25) is 0 Å². The third-order valence-corrected chi connectivity index (χ3v) is 3.89. The number of fused-ring (bicyclic) bond motifs is 1. The Morgan fingerprint density at radius 1 is 1.14 bits per heavy atom. The Balaban J connectivity index is 2.00. The summed E-state index contributed by atoms with van der Waals surface area (Å²) >= 11 is 5.94. The van der Waals surface area contributed by atoms with Gasteiger partial charge in [-0.25, -0.2) is 0 Å². The summed E-state index contributed by atoms with van der Waals surface area (Å²) in [7, 11) is 0. The van der Waals surface area contributed by atoms with Crippen molar-refractivity contribution in [1.29, 1.82) is 0 Å². The lowest BCUT2D eigenvalue weighted by Gasteiger charge is -2.17. The maximum Gasteiger partial charge on any atom is 0.251 e. The molecule has 1 aliphatic rings. The maximum absolute atomic E-state index is 12.5. The largest absolute Gasteiger partial charge is 0.398 e. The van der Waals surface area contributed by atoms with Gasteiger partial charge in [-0.3, -0.25) is 9.59 Å². The summed E-state index contributed by atoms with van der Waals surface area (Å²) in [4.78, 5) is 24.3. The minimum Gasteiger partial charge on any atom is -0.398 e. The van der Waals surface area contributed by atoms with Crippen molar-refractivity contribution in [2.75, 3.05) is 12.3 Å². The molecule has 0 unspecified atom stereocenters. The molecule has 0 spiro atoms. The molecule has 2 aromatic carbocycles. The number of halogens is 1. The van der Waals surface area contributed by atoms with Gasteiger partial charge in [0.1, 0.15) is 0 Å². The zero-order valence-electron chi connectivity index (χ0n) is 11.2. The van der Waals surface area contributed by atoms with Gasteiger partial charge in [0.05, 0.1) is 10.7 Å². The minimum atomic E-state index is -0.182. The Labute approximate surface area is 126 Å². The molecular weight excluding hydrogens is 288 g/mol. The number of rotatable bonds is 2. The van der Waals surface area contributed by atoms with Gasteiger partial charge in [-0.1, -0.05) is 23.7 Å². The first-order valence-electron chi connectivity index (χ1n) is 6.57. The van der Waals surface area contributed by atoms with Crippen LogP contribution in [0.15, 0.2) is 36.4 Å². The topological polar surface area (TPSA) is 72.2 Å². The molecule has 106 valence electrons. The third-order valence-electron chi connectivity index (χ3n) is 3.56. The Morgan fingerprint density at radius 3 is 2.62 bits per heavy atom. The smallest absolute Gasteiger partial charge is 0.251 e. The van der Waals surface area contributed by atoms with E-state index in [-0.39, 0.29) is 11.7 Å². The van der Waals surface area contributed by atoms with Crippen LogP contribution >= 0.6 is 11.6 Å². The number of hydrogen-bond donors (Lipinski definition) is 2. The average Bonchev–Trinajstić information content (AvgIpc) is 2.49. The average molecular weight is 301 g/mol. The number of carbonyl (C=O) groups is 2. The van der Waals surface area contributed by atoms with Crippen LogP contribution in [0, 0.1) is 0 Å². The molecule has 0 atom stereocenters. The van der Waals surface area contributed by atoms with Crippen LogP contribution in [0.25, 0.3) is 0 Å². The first-order chi connectivity index (χ1) is 10.1. The lowest BCUT2D eigenvalue weighted by Crippen LogP contribution is -2.32. The summed E-state index contributed by atoms with van der Waals surface area (Å²) in [5.74, 6) is -0.320. The fourth-order valence-electron chi connectivity index (χ4n) is 2.39. The van der Waals surface area contributed by atoms with E-state index in [1.807, 2.05) is 6.07 Å². The zero-order valence-corrected chi connectivity index (χ0v) is 11.9. The predicted molar refractivity (Wildman–Crippen MR) is 81.8 cm³/mol. The molecule has 3 N–H and O–H groups in total. The molecule has 1 heterocycles. The molecule has 0 aliphatic carbocycles. The first-order valence-corrected chi connectivity index (χ1v) is 6.95. The first kappa shape index (κ1) is 13.6. The van der Waals surface area contributed by atoms with Gasteiger partial charge in [-0.15, -0.1) is 0 Å². The molecule has 0 saturated heterocycles. The van der Waals surface area contributed by atoms with E-state index in [2.05, 4.69) is 5.32 Å². The number of carbonyl (C=O) groups excluding carboxylic acids is 2. The molecule has 1 amide bonds. The maximum atomic E-state index is 12.5. The van der Waals surface area contributed by atoms with E-state index < -0.39 is 0 Å². The number of ketones is 1. The molecule has 2 aromatic rings. The van der Waals surface area contributed by atoms with Gasteiger partial charge in [0.15, 0.2) is 5.78 Å². The Morgan fingerprint density at radius 2 is 1.86 bits per heavy atom. The highest BCUT2D eigenvalue weighted by Gasteiger charge is 2.19. The molecule has 0 fully saturated rings. The zero-order chi connectivity index (χ0) is 15.0. The van der Waals surface area contributed by atoms with E-state index in [9.17, 15) is 9.59 Å². The summed E-state index contributed by atoms with van der Waals surface area (Å²) < 4.78 is 0. The van der Waals surface area contributed by atoms with Crippen LogP contribution in [0.1, 0.15) is 31.8 Å². The number of hydrogen-bond acceptors (Lipinski definition) is 3. The van der Waals surface area contributed by atoms with E-state index in [0.29, 0.717) is 33.9 Å². The van der Waals surface area contributed by atoms with Crippen molar-refractivity contribution in [3.63, 3.8) is 0 Å². The van der Waals surface area contributed by atoms with Gasteiger partial charge in [0.25, 0.3) is 5.91 Å². The van der Waals surface area contributed by atoms with Crippen LogP contribution < -0.4 is 11.1 Å². The van der Waals surface area contributed by atoms with E-state index in [4.69, 9.17) is 17.3 Å². The number of benzene rings is 2. The second kappa shape index (κ2) is 5.22. The summed E-state index contributed by atoms with van der Waals surface area (Å²) in [5.41, 5.74) is 8.51. The molecular formula is C16H13ClN2O2. The normalized spacial score (nSPS) is 13.5. The molecule has 1 aliphatic heterocycles. The predicted octanol–water partition coefficient (Wildman–Crippen LogP) is 2.44. The van der Waals surface area contributed by atoms with Crippen molar-refractivity contribution in [3.05, 3.63) is 63.7 Å². The molecule has 21 heavy (non-hydrogen) atoms. The summed E-state index contributed by atoms with van der Waals surface area (Å²) in [6.45, 7) is 0.632. The van der Waals surface area contributed by atoms with Gasteiger partial charge in [-0.2, -0.15) is 0 Å². The van der Waals surface area contributed by atoms with E-state index in [1.165, 1.54) is 0 Å². The number of nitrogen functional groups attached to an aromatic ring is 1. The molecule has 0 radical (unpaired) electrons. The van der Waals surface area contributed by atoms with Crippen LogP contribution in [0.3, 0.4) is 0 Å². The number of amides is 1. The van der Waals surface area contributed by atoms with Gasteiger partial charge < -0.3 is 11.1 Å². The van der Waals surface area contributed by atoms with Gasteiger partial charge >= 0.3 is 0 Å². The van der Waals surface area contributed by atoms with Crippen LogP contribution in [-0.4, -0.2) is 18.2 Å². The van der Waals surface area contributed by atoms with E-state index in [1.54, 1.807) is 30.3 Å². The van der Waals surface area contributed by atoms with Crippen molar-refractivity contribution in [2.45, 2.75) is 6.42 Å². The third kappa shape index (κ3) is 2.50. The Hall–Kier alpha value is -2.33.